The van der Waals surface area contributed by atoms with E-state index < -0.39 is 11.9 Å². The molecule has 0 radical (unpaired) electrons. The number of nitrogens with zero attached hydrogens (tertiary/aromatic N) is 3. The number of imide groups is 1. The number of methoxy groups -OCH3 is 1. The summed E-state index contributed by atoms with van der Waals surface area (Å²) in [5.74, 6) is -0.206. The molecular weight excluding hydrogens is 518 g/mol. The minimum absolute atomic E-state index is 0.118. The van der Waals surface area contributed by atoms with Gasteiger partial charge in [-0.15, -0.1) is 0 Å². The molecule has 1 aliphatic rings. The molecule has 0 N–H and O–H groups in total. The van der Waals surface area contributed by atoms with Crippen LogP contribution in [0.25, 0.3) is 22.6 Å². The van der Waals surface area contributed by atoms with E-state index in [0.29, 0.717) is 28.5 Å². The van der Waals surface area contributed by atoms with Crippen LogP contribution in [0.15, 0.2) is 101 Å². The van der Waals surface area contributed by atoms with Crippen LogP contribution in [-0.4, -0.2) is 40.8 Å². The highest BCUT2D eigenvalue weighted by atomic mass is 16.5. The number of oxazole rings is 1. The number of ether oxygens (including phenoxy) is 1. The molecule has 4 aromatic carbocycles. The van der Waals surface area contributed by atoms with Gasteiger partial charge in [0.15, 0.2) is 5.58 Å². The number of benzene rings is 4. The molecular formula is C33H27N3O5. The molecule has 8 heteroatoms. The molecule has 41 heavy (non-hydrogen) atoms. The highest BCUT2D eigenvalue weighted by Gasteiger charge is 2.44. The zero-order chi connectivity index (χ0) is 28.5. The van der Waals surface area contributed by atoms with Gasteiger partial charge in [0.2, 0.25) is 11.8 Å². The third-order valence-corrected chi connectivity index (χ3v) is 7.22. The highest BCUT2D eigenvalue weighted by molar-refractivity contribution is 6.23. The number of para-hydroxylation sites is 2. The molecule has 1 aromatic heterocycles. The third kappa shape index (κ3) is 5.07. The van der Waals surface area contributed by atoms with E-state index in [1.807, 2.05) is 55.5 Å². The fraction of sp³-hybridized carbons (Fsp3) is 0.152. The molecule has 204 valence electrons. The van der Waals surface area contributed by atoms with Crippen LogP contribution in [0.4, 0.5) is 5.69 Å². The van der Waals surface area contributed by atoms with Gasteiger partial charge < -0.3 is 14.1 Å². The van der Waals surface area contributed by atoms with Gasteiger partial charge in [0.1, 0.15) is 17.3 Å². The van der Waals surface area contributed by atoms with Gasteiger partial charge in [-0.05, 0) is 67.1 Å². The Morgan fingerprint density at radius 3 is 2.46 bits per heavy atom. The lowest BCUT2D eigenvalue weighted by Gasteiger charge is -2.28. The Hall–Kier alpha value is -5.24. The van der Waals surface area contributed by atoms with Crippen LogP contribution in [0.5, 0.6) is 5.75 Å². The predicted octanol–water partition coefficient (Wildman–Crippen LogP) is 5.79. The van der Waals surface area contributed by atoms with Crippen molar-refractivity contribution in [2.24, 2.45) is 0 Å². The summed E-state index contributed by atoms with van der Waals surface area (Å²) in [5.41, 5.74) is 4.87. The molecule has 1 saturated heterocycles. The maximum atomic E-state index is 13.8. The first-order valence-corrected chi connectivity index (χ1v) is 13.2. The molecule has 1 atom stereocenters. The van der Waals surface area contributed by atoms with Crippen LogP contribution in [0.2, 0.25) is 0 Å². The Kier molecular flexibility index (Phi) is 6.81. The molecule has 6 rings (SSSR count). The fourth-order valence-electron chi connectivity index (χ4n) is 5.02. The second kappa shape index (κ2) is 10.7. The number of hydrogen-bond donors (Lipinski definition) is 0. The van der Waals surface area contributed by atoms with E-state index >= 15 is 0 Å². The smallest absolute Gasteiger partial charge is 0.257 e. The van der Waals surface area contributed by atoms with Crippen LogP contribution in [-0.2, 0) is 16.1 Å². The van der Waals surface area contributed by atoms with Gasteiger partial charge in [-0.1, -0.05) is 48.0 Å². The zero-order valence-electron chi connectivity index (χ0n) is 22.6. The van der Waals surface area contributed by atoms with Gasteiger partial charge in [0.05, 0.1) is 19.2 Å². The highest BCUT2D eigenvalue weighted by Crippen LogP contribution is 2.31. The minimum atomic E-state index is -0.959. The number of aryl methyl sites for hydroxylation is 1. The van der Waals surface area contributed by atoms with E-state index in [1.54, 1.807) is 48.5 Å². The molecule has 8 nitrogen and oxygen atoms in total. The van der Waals surface area contributed by atoms with Gasteiger partial charge in [0.25, 0.3) is 11.8 Å². The van der Waals surface area contributed by atoms with E-state index in [4.69, 9.17) is 9.15 Å². The van der Waals surface area contributed by atoms with E-state index in [-0.39, 0.29) is 24.8 Å². The number of carbonyl (C=O) groups excluding carboxylic acids is 3. The molecule has 0 saturated carbocycles. The topological polar surface area (TPSA) is 92.9 Å². The first kappa shape index (κ1) is 26.0. The third-order valence-electron chi connectivity index (χ3n) is 7.22. The fourth-order valence-corrected chi connectivity index (χ4v) is 5.02. The van der Waals surface area contributed by atoms with Crippen LogP contribution >= 0.6 is 0 Å². The number of carbonyl (C=O) groups is 3. The molecule has 3 amide bonds. The van der Waals surface area contributed by atoms with Crippen molar-refractivity contribution < 1.29 is 23.5 Å². The standard InChI is InChI=1S/C33H27N3O5/c1-21-10-12-22(13-11-21)20-35(32(38)24-6-5-7-26(18-24)40-2)28-19-30(37)36(33(28)39)25-16-14-23(15-17-25)31-34-27-8-3-4-9-29(27)41-31/h3-18,28H,19-20H2,1-2H3. The lowest BCUT2D eigenvalue weighted by atomic mass is 10.1. The van der Waals surface area contributed by atoms with E-state index in [0.717, 1.165) is 27.1 Å². The Morgan fingerprint density at radius 2 is 1.73 bits per heavy atom. The largest absolute Gasteiger partial charge is 0.497 e. The lowest BCUT2D eigenvalue weighted by molar-refractivity contribution is -0.122. The van der Waals surface area contributed by atoms with Gasteiger partial charge in [-0.3, -0.25) is 14.4 Å². The SMILES string of the molecule is COc1cccc(C(=O)N(Cc2ccc(C)cc2)C2CC(=O)N(c3ccc(-c4nc5ccccc5o4)cc3)C2=O)c1. The summed E-state index contributed by atoms with van der Waals surface area (Å²) < 4.78 is 11.1. The summed E-state index contributed by atoms with van der Waals surface area (Å²) in [6, 6.07) is 28.0. The minimum Gasteiger partial charge on any atom is -0.497 e. The van der Waals surface area contributed by atoms with Crippen molar-refractivity contribution in [1.82, 2.24) is 9.88 Å². The molecule has 1 aliphatic heterocycles. The molecule has 1 fully saturated rings. The van der Waals surface area contributed by atoms with Gasteiger partial charge >= 0.3 is 0 Å². The van der Waals surface area contributed by atoms with E-state index in [2.05, 4.69) is 4.98 Å². The molecule has 2 heterocycles. The second-order valence-corrected chi connectivity index (χ2v) is 9.97. The monoisotopic (exact) mass is 545 g/mol. The van der Waals surface area contributed by atoms with Gasteiger partial charge in [-0.25, -0.2) is 9.88 Å². The van der Waals surface area contributed by atoms with Crippen molar-refractivity contribution >= 4 is 34.5 Å². The Morgan fingerprint density at radius 1 is 0.976 bits per heavy atom. The van der Waals surface area contributed by atoms with E-state index in [9.17, 15) is 14.4 Å². The quantitative estimate of drug-likeness (QED) is 0.241. The maximum Gasteiger partial charge on any atom is 0.257 e. The summed E-state index contributed by atoms with van der Waals surface area (Å²) in [6.45, 7) is 2.15. The first-order chi connectivity index (χ1) is 19.9. The average molecular weight is 546 g/mol. The van der Waals surface area contributed by atoms with Crippen molar-refractivity contribution in [3.63, 3.8) is 0 Å². The van der Waals surface area contributed by atoms with Crippen molar-refractivity contribution in [1.29, 1.82) is 0 Å². The summed E-state index contributed by atoms with van der Waals surface area (Å²) in [5, 5.41) is 0. The molecule has 1 unspecified atom stereocenters. The summed E-state index contributed by atoms with van der Waals surface area (Å²) >= 11 is 0. The molecule has 0 spiro atoms. The van der Waals surface area contributed by atoms with Crippen molar-refractivity contribution in [2.75, 3.05) is 12.0 Å². The van der Waals surface area contributed by atoms with Crippen LogP contribution in [0, 0.1) is 6.92 Å². The number of anilines is 1. The summed E-state index contributed by atoms with van der Waals surface area (Å²) in [7, 11) is 1.53. The van der Waals surface area contributed by atoms with Crippen molar-refractivity contribution in [3.05, 3.63) is 114 Å². The predicted molar refractivity (Wildman–Crippen MR) is 154 cm³/mol. The Balaban J connectivity index is 1.29. The molecule has 5 aromatic rings. The van der Waals surface area contributed by atoms with E-state index in [1.165, 1.54) is 12.0 Å². The second-order valence-electron chi connectivity index (χ2n) is 9.97. The van der Waals surface area contributed by atoms with Crippen molar-refractivity contribution in [2.45, 2.75) is 25.9 Å². The first-order valence-electron chi connectivity index (χ1n) is 13.2. The maximum absolute atomic E-state index is 13.8. The van der Waals surface area contributed by atoms with Gasteiger partial charge in [0, 0.05) is 17.7 Å². The normalized spacial score (nSPS) is 15.0. The van der Waals surface area contributed by atoms with Crippen LogP contribution in [0.3, 0.4) is 0 Å². The summed E-state index contributed by atoms with van der Waals surface area (Å²) in [6.07, 6.45) is -0.118. The number of rotatable bonds is 7. The average Bonchev–Trinajstić information content (AvgIpc) is 3.57. The van der Waals surface area contributed by atoms with Gasteiger partial charge in [-0.2, -0.15) is 0 Å². The number of fused-ring (bicyclic) bond motifs is 1. The molecule has 0 bridgehead atoms. The summed E-state index contributed by atoms with van der Waals surface area (Å²) in [4.78, 5) is 48.0. The van der Waals surface area contributed by atoms with Crippen molar-refractivity contribution in [3.8, 4) is 17.2 Å². The van der Waals surface area contributed by atoms with Crippen LogP contribution < -0.4 is 9.64 Å². The number of amides is 3. The zero-order valence-corrected chi connectivity index (χ0v) is 22.6. The lowest BCUT2D eigenvalue weighted by Crippen LogP contribution is -2.45. The Labute approximate surface area is 236 Å². The Bertz CT molecular complexity index is 1730. The number of hydrogen-bond acceptors (Lipinski definition) is 6. The molecule has 0 aliphatic carbocycles. The van der Waals surface area contributed by atoms with Crippen LogP contribution in [0.1, 0.15) is 27.9 Å². The number of aromatic nitrogens is 1.